The molecule has 1 aromatic carbocycles. The summed E-state index contributed by atoms with van der Waals surface area (Å²) in [6.45, 7) is 6.72. The second-order valence-electron chi connectivity index (χ2n) is 5.37. The van der Waals surface area contributed by atoms with Crippen molar-refractivity contribution in [2.75, 3.05) is 0 Å². The second-order valence-corrected chi connectivity index (χ2v) is 6.97. The number of rotatable bonds is 3. The lowest BCUT2D eigenvalue weighted by molar-refractivity contribution is 0.349. The molecule has 0 aromatic heterocycles. The summed E-state index contributed by atoms with van der Waals surface area (Å²) in [7, 11) is 0. The van der Waals surface area contributed by atoms with Crippen molar-refractivity contribution in [1.29, 1.82) is 0 Å². The minimum atomic E-state index is 0.0878. The molecular weight excluding hydrogens is 333 g/mol. The monoisotopic (exact) mass is 351 g/mol. The van der Waals surface area contributed by atoms with Crippen LogP contribution in [0.5, 0.6) is 0 Å². The van der Waals surface area contributed by atoms with Crippen LogP contribution in [0.3, 0.4) is 0 Å². The zero-order chi connectivity index (χ0) is 12.3. The molecule has 1 unspecified atom stereocenters. The number of nitrogens with two attached hydrogens (primary N) is 1. The summed E-state index contributed by atoms with van der Waals surface area (Å²) >= 11 is 8.31. The van der Waals surface area contributed by atoms with Gasteiger partial charge in [-0.1, -0.05) is 32.4 Å². The highest BCUT2D eigenvalue weighted by atomic mass is 127. The first kappa shape index (κ1) is 14.3. The average Bonchev–Trinajstić information content (AvgIpc) is 2.17. The molecule has 16 heavy (non-hydrogen) atoms. The van der Waals surface area contributed by atoms with Gasteiger partial charge in [-0.05, 0) is 64.6 Å². The summed E-state index contributed by atoms with van der Waals surface area (Å²) in [4.78, 5) is 0. The molecule has 1 atom stereocenters. The standard InChI is InChI=1S/C13H19ClIN/c1-13(2,3)7-6-12(16)10-8-9(14)4-5-11(10)15/h4-5,8,12H,6-7,16H2,1-3H3. The summed E-state index contributed by atoms with van der Waals surface area (Å²) in [6.07, 6.45) is 2.12. The molecule has 0 radical (unpaired) electrons. The fourth-order valence-corrected chi connectivity index (χ4v) is 2.46. The van der Waals surface area contributed by atoms with Gasteiger partial charge in [0.05, 0.1) is 0 Å². The minimum absolute atomic E-state index is 0.0878. The van der Waals surface area contributed by atoms with Crippen LogP contribution in [0.15, 0.2) is 18.2 Å². The molecule has 0 fully saturated rings. The van der Waals surface area contributed by atoms with Crippen molar-refractivity contribution in [2.24, 2.45) is 11.1 Å². The molecule has 1 nitrogen and oxygen atoms in total. The van der Waals surface area contributed by atoms with Crippen LogP contribution in [-0.2, 0) is 0 Å². The van der Waals surface area contributed by atoms with Crippen molar-refractivity contribution in [2.45, 2.75) is 39.7 Å². The molecule has 0 amide bonds. The third-order valence-electron chi connectivity index (χ3n) is 2.56. The maximum Gasteiger partial charge on any atom is 0.0410 e. The van der Waals surface area contributed by atoms with Crippen molar-refractivity contribution in [3.05, 3.63) is 32.4 Å². The van der Waals surface area contributed by atoms with Crippen molar-refractivity contribution in [3.8, 4) is 0 Å². The quantitative estimate of drug-likeness (QED) is 0.780. The smallest absolute Gasteiger partial charge is 0.0410 e. The van der Waals surface area contributed by atoms with Crippen LogP contribution in [0, 0.1) is 8.99 Å². The van der Waals surface area contributed by atoms with Gasteiger partial charge >= 0.3 is 0 Å². The molecule has 0 bridgehead atoms. The van der Waals surface area contributed by atoms with Gasteiger partial charge in [0.15, 0.2) is 0 Å². The van der Waals surface area contributed by atoms with Gasteiger partial charge in [-0.25, -0.2) is 0 Å². The third-order valence-corrected chi connectivity index (χ3v) is 3.78. The Morgan fingerprint density at radius 3 is 2.56 bits per heavy atom. The number of hydrogen-bond donors (Lipinski definition) is 1. The zero-order valence-corrected chi connectivity index (χ0v) is 13.0. The van der Waals surface area contributed by atoms with Crippen molar-refractivity contribution < 1.29 is 0 Å². The Morgan fingerprint density at radius 2 is 2.00 bits per heavy atom. The van der Waals surface area contributed by atoms with Gasteiger partial charge in [0.25, 0.3) is 0 Å². The van der Waals surface area contributed by atoms with Crippen LogP contribution in [0.25, 0.3) is 0 Å². The summed E-state index contributed by atoms with van der Waals surface area (Å²) < 4.78 is 1.20. The van der Waals surface area contributed by atoms with Crippen molar-refractivity contribution >= 4 is 34.2 Å². The largest absolute Gasteiger partial charge is 0.324 e. The van der Waals surface area contributed by atoms with Crippen LogP contribution >= 0.6 is 34.2 Å². The van der Waals surface area contributed by atoms with Gasteiger partial charge in [0.1, 0.15) is 0 Å². The summed E-state index contributed by atoms with van der Waals surface area (Å²) in [5.74, 6) is 0. The summed E-state index contributed by atoms with van der Waals surface area (Å²) in [5.41, 5.74) is 7.71. The van der Waals surface area contributed by atoms with E-state index < -0.39 is 0 Å². The fraction of sp³-hybridized carbons (Fsp3) is 0.538. The Kier molecular flexibility index (Phi) is 5.08. The molecule has 90 valence electrons. The molecule has 0 saturated heterocycles. The Morgan fingerprint density at radius 1 is 1.38 bits per heavy atom. The molecule has 1 rings (SSSR count). The fourth-order valence-electron chi connectivity index (χ4n) is 1.54. The van der Waals surface area contributed by atoms with Gasteiger partial charge in [-0.3, -0.25) is 0 Å². The molecular formula is C13H19ClIN. The Balaban J connectivity index is 2.73. The van der Waals surface area contributed by atoms with Gasteiger partial charge in [-0.2, -0.15) is 0 Å². The normalized spacial score (nSPS) is 13.9. The van der Waals surface area contributed by atoms with E-state index in [0.29, 0.717) is 5.41 Å². The molecule has 3 heteroatoms. The highest BCUT2D eigenvalue weighted by Gasteiger charge is 2.15. The van der Waals surface area contributed by atoms with Crippen LogP contribution in [0.2, 0.25) is 5.02 Å². The number of hydrogen-bond acceptors (Lipinski definition) is 1. The second kappa shape index (κ2) is 5.69. The molecule has 0 spiro atoms. The van der Waals surface area contributed by atoms with E-state index in [0.717, 1.165) is 23.4 Å². The average molecular weight is 352 g/mol. The van der Waals surface area contributed by atoms with Gasteiger partial charge < -0.3 is 5.73 Å². The molecule has 0 aliphatic carbocycles. The van der Waals surface area contributed by atoms with Crippen molar-refractivity contribution in [3.63, 3.8) is 0 Å². The lowest BCUT2D eigenvalue weighted by Gasteiger charge is -2.21. The van der Waals surface area contributed by atoms with Crippen LogP contribution in [0.4, 0.5) is 0 Å². The number of benzene rings is 1. The Bertz CT molecular complexity index is 357. The lowest BCUT2D eigenvalue weighted by atomic mass is 9.87. The Labute approximate surface area is 117 Å². The first-order valence-corrected chi connectivity index (χ1v) is 6.96. The van der Waals surface area contributed by atoms with Crippen molar-refractivity contribution in [1.82, 2.24) is 0 Å². The van der Waals surface area contributed by atoms with E-state index >= 15 is 0 Å². The lowest BCUT2D eigenvalue weighted by Crippen LogP contribution is -2.15. The summed E-state index contributed by atoms with van der Waals surface area (Å²) in [6, 6.07) is 6.00. The van der Waals surface area contributed by atoms with Gasteiger partial charge in [0, 0.05) is 14.6 Å². The first-order chi connectivity index (χ1) is 7.29. The topological polar surface area (TPSA) is 26.0 Å². The van der Waals surface area contributed by atoms with Crippen LogP contribution in [-0.4, -0.2) is 0 Å². The predicted octanol–water partition coefficient (Wildman–Crippen LogP) is 4.77. The van der Waals surface area contributed by atoms with E-state index in [2.05, 4.69) is 43.4 Å². The van der Waals surface area contributed by atoms with Gasteiger partial charge in [-0.15, -0.1) is 0 Å². The maximum atomic E-state index is 6.21. The van der Waals surface area contributed by atoms with E-state index in [9.17, 15) is 0 Å². The van der Waals surface area contributed by atoms with E-state index in [1.54, 1.807) is 0 Å². The van der Waals surface area contributed by atoms with E-state index in [-0.39, 0.29) is 6.04 Å². The molecule has 0 aliphatic rings. The molecule has 0 heterocycles. The van der Waals surface area contributed by atoms with E-state index in [1.165, 1.54) is 3.57 Å². The Hall–Kier alpha value is 0.200. The first-order valence-electron chi connectivity index (χ1n) is 5.50. The predicted molar refractivity (Wildman–Crippen MR) is 79.8 cm³/mol. The zero-order valence-electron chi connectivity index (χ0n) is 10.1. The third kappa shape index (κ3) is 4.60. The number of halogens is 2. The van der Waals surface area contributed by atoms with E-state index in [4.69, 9.17) is 17.3 Å². The maximum absolute atomic E-state index is 6.21. The highest BCUT2D eigenvalue weighted by molar-refractivity contribution is 14.1. The minimum Gasteiger partial charge on any atom is -0.324 e. The SMILES string of the molecule is CC(C)(C)CCC(N)c1cc(Cl)ccc1I. The summed E-state index contributed by atoms with van der Waals surface area (Å²) in [5, 5.41) is 0.765. The molecule has 1 aromatic rings. The molecule has 0 aliphatic heterocycles. The van der Waals surface area contributed by atoms with Gasteiger partial charge in [0.2, 0.25) is 0 Å². The van der Waals surface area contributed by atoms with Crippen LogP contribution < -0.4 is 5.73 Å². The van der Waals surface area contributed by atoms with E-state index in [1.807, 2.05) is 18.2 Å². The highest BCUT2D eigenvalue weighted by Crippen LogP contribution is 2.29. The van der Waals surface area contributed by atoms with Crippen LogP contribution in [0.1, 0.15) is 45.2 Å². The molecule has 0 saturated carbocycles. The molecule has 2 N–H and O–H groups in total.